The highest BCUT2D eigenvalue weighted by Gasteiger charge is 2.15. The molecule has 2 aromatic heterocycles. The van der Waals surface area contributed by atoms with Crippen molar-refractivity contribution in [2.45, 2.75) is 0 Å². The Bertz CT molecular complexity index is 2820. The lowest BCUT2D eigenvalue weighted by Crippen LogP contribution is -2.00. The summed E-state index contributed by atoms with van der Waals surface area (Å²) in [6.07, 6.45) is 0. The number of furan rings is 1. The monoisotopic (exact) mass is 606 g/mol. The zero-order valence-corrected chi connectivity index (χ0v) is 25.0. The first kappa shape index (κ1) is 22.2. The van der Waals surface area contributed by atoms with E-state index >= 15 is 0 Å². The molecule has 0 fully saturated rings. The molecule has 0 aliphatic rings. The molecule has 0 unspecified atom stereocenters. The molecule has 2 heterocycles. The van der Waals surface area contributed by atoms with E-state index in [4.69, 9.17) is 26.2 Å². The van der Waals surface area contributed by atoms with Crippen molar-refractivity contribution in [3.8, 4) is 56.4 Å². The van der Waals surface area contributed by atoms with Crippen molar-refractivity contribution in [1.29, 1.82) is 0 Å². The van der Waals surface area contributed by atoms with Crippen LogP contribution in [0.5, 0.6) is 0 Å². The summed E-state index contributed by atoms with van der Waals surface area (Å²) in [5, 5.41) is 3.90. The summed E-state index contributed by atoms with van der Waals surface area (Å²) in [6.45, 7) is 0. The van der Waals surface area contributed by atoms with Crippen LogP contribution < -0.4 is 0 Å². The lowest BCUT2D eigenvalue weighted by atomic mass is 9.98. The van der Waals surface area contributed by atoms with Gasteiger partial charge in [-0.3, -0.25) is 0 Å². The van der Waals surface area contributed by atoms with Crippen molar-refractivity contribution < 1.29 is 11.3 Å². The predicted molar refractivity (Wildman–Crippen MR) is 192 cm³/mol. The largest absolute Gasteiger partial charge is 0.456 e. The van der Waals surface area contributed by atoms with E-state index < -0.39 is 6.04 Å². The molecular formula is C43H27N3O. The SMILES string of the molecule is [2H]c1c([2H])c([2H])c(-c2ccc3cc(-c4nc(-c5ccccc5)nc(-c5ccc(-c6cccc7oc8ccccc8c67)cc5)n4)ccc3c2)c([2H])c1[2H]. The topological polar surface area (TPSA) is 51.8 Å². The smallest absolute Gasteiger partial charge is 0.164 e. The Balaban J connectivity index is 1.12. The van der Waals surface area contributed by atoms with Gasteiger partial charge in [0.15, 0.2) is 17.5 Å². The summed E-state index contributed by atoms with van der Waals surface area (Å²) >= 11 is 0. The van der Waals surface area contributed by atoms with Crippen LogP contribution in [0.2, 0.25) is 0 Å². The standard InChI is InChI=1S/C43H27N3O/c1-3-10-28(11-4-1)32-22-23-34-27-35(25-24-33(34)26-32)43-45-41(30-12-5-2-6-13-30)44-42(46-43)31-20-18-29(19-21-31)36-15-9-17-39-40(36)37-14-7-8-16-38(37)47-39/h1-27H/i1D,3D,4D,10D,11D. The van der Waals surface area contributed by atoms with Crippen LogP contribution in [0.1, 0.15) is 6.85 Å². The molecule has 0 bridgehead atoms. The van der Waals surface area contributed by atoms with Crippen molar-refractivity contribution >= 4 is 32.7 Å². The maximum atomic E-state index is 8.42. The summed E-state index contributed by atoms with van der Waals surface area (Å²) in [4.78, 5) is 14.8. The van der Waals surface area contributed by atoms with Gasteiger partial charge >= 0.3 is 0 Å². The van der Waals surface area contributed by atoms with Crippen LogP contribution in [0.4, 0.5) is 0 Å². The Hall–Kier alpha value is -6.39. The minimum absolute atomic E-state index is 0.174. The van der Waals surface area contributed by atoms with Crippen LogP contribution in [-0.4, -0.2) is 15.0 Å². The summed E-state index contributed by atoms with van der Waals surface area (Å²) in [7, 11) is 0. The molecule has 4 heteroatoms. The fraction of sp³-hybridized carbons (Fsp3) is 0. The minimum Gasteiger partial charge on any atom is -0.456 e. The summed E-state index contributed by atoms with van der Waals surface area (Å²) in [5.74, 6) is 1.61. The van der Waals surface area contributed by atoms with Gasteiger partial charge in [-0.1, -0.05) is 139 Å². The molecule has 0 saturated carbocycles. The van der Waals surface area contributed by atoms with Crippen molar-refractivity contribution in [2.24, 2.45) is 0 Å². The van der Waals surface area contributed by atoms with E-state index in [2.05, 4.69) is 24.3 Å². The molecule has 0 spiro atoms. The molecule has 7 aromatic carbocycles. The predicted octanol–water partition coefficient (Wildman–Crippen LogP) is 11.3. The van der Waals surface area contributed by atoms with Crippen molar-refractivity contribution in [3.05, 3.63) is 164 Å². The summed E-state index contributed by atoms with van der Waals surface area (Å²) < 4.78 is 47.1. The van der Waals surface area contributed by atoms with Gasteiger partial charge in [0.25, 0.3) is 0 Å². The number of fused-ring (bicyclic) bond motifs is 4. The Labute approximate surface area is 278 Å². The number of para-hydroxylation sites is 1. The van der Waals surface area contributed by atoms with Gasteiger partial charge in [0.05, 0.1) is 6.85 Å². The maximum Gasteiger partial charge on any atom is 0.164 e. The fourth-order valence-corrected chi connectivity index (χ4v) is 6.10. The number of hydrogen-bond donors (Lipinski definition) is 0. The molecule has 0 aliphatic heterocycles. The van der Waals surface area contributed by atoms with Crippen LogP contribution in [0, 0.1) is 0 Å². The molecule has 0 aliphatic carbocycles. The minimum atomic E-state index is -0.410. The van der Waals surface area contributed by atoms with Gasteiger partial charge < -0.3 is 4.42 Å². The third-order valence-corrected chi connectivity index (χ3v) is 8.41. The second-order valence-electron chi connectivity index (χ2n) is 11.3. The fourth-order valence-electron chi connectivity index (χ4n) is 6.10. The second-order valence-corrected chi connectivity index (χ2v) is 11.3. The maximum absolute atomic E-state index is 8.42. The Morgan fingerprint density at radius 3 is 1.77 bits per heavy atom. The summed E-state index contributed by atoms with van der Waals surface area (Å²) in [6, 6.07) is 42.0. The lowest BCUT2D eigenvalue weighted by molar-refractivity contribution is 0.669. The van der Waals surface area contributed by atoms with E-state index in [1.807, 2.05) is 103 Å². The highest BCUT2D eigenvalue weighted by molar-refractivity contribution is 6.12. The molecular weight excluding hydrogens is 574 g/mol. The number of rotatable bonds is 5. The number of aromatic nitrogens is 3. The van der Waals surface area contributed by atoms with Crippen LogP contribution in [0.3, 0.4) is 0 Å². The number of hydrogen-bond acceptors (Lipinski definition) is 4. The van der Waals surface area contributed by atoms with E-state index in [-0.39, 0.29) is 29.7 Å². The molecule has 0 amide bonds. The van der Waals surface area contributed by atoms with Crippen LogP contribution in [0.15, 0.2) is 168 Å². The molecule has 0 saturated heterocycles. The van der Waals surface area contributed by atoms with Gasteiger partial charge in [-0.2, -0.15) is 0 Å². The lowest BCUT2D eigenvalue weighted by Gasteiger charge is -2.10. The average molecular weight is 607 g/mol. The first-order chi connectivity index (χ1) is 25.3. The third-order valence-electron chi connectivity index (χ3n) is 8.41. The Kier molecular flexibility index (Phi) is 5.28. The zero-order chi connectivity index (χ0) is 35.5. The first-order valence-corrected chi connectivity index (χ1v) is 15.3. The van der Waals surface area contributed by atoms with E-state index in [0.29, 0.717) is 23.0 Å². The second kappa shape index (κ2) is 11.2. The van der Waals surface area contributed by atoms with Gasteiger partial charge in [-0.15, -0.1) is 0 Å². The van der Waals surface area contributed by atoms with E-state index in [1.165, 1.54) is 0 Å². The highest BCUT2D eigenvalue weighted by atomic mass is 16.3. The molecule has 47 heavy (non-hydrogen) atoms. The van der Waals surface area contributed by atoms with E-state index in [9.17, 15) is 0 Å². The van der Waals surface area contributed by atoms with E-state index in [1.54, 1.807) is 6.07 Å². The van der Waals surface area contributed by atoms with Gasteiger partial charge in [0.1, 0.15) is 11.2 Å². The average Bonchev–Trinajstić information content (AvgIpc) is 3.58. The van der Waals surface area contributed by atoms with Gasteiger partial charge in [-0.25, -0.2) is 15.0 Å². The zero-order valence-electron chi connectivity index (χ0n) is 30.0. The third kappa shape index (κ3) is 4.93. The molecule has 220 valence electrons. The molecule has 0 atom stereocenters. The van der Waals surface area contributed by atoms with Crippen molar-refractivity contribution in [2.75, 3.05) is 0 Å². The van der Waals surface area contributed by atoms with E-state index in [0.717, 1.165) is 60.5 Å². The molecule has 9 rings (SSSR count). The molecule has 0 N–H and O–H groups in total. The number of benzene rings is 7. The quantitative estimate of drug-likeness (QED) is 0.196. The molecule has 9 aromatic rings. The summed E-state index contributed by atoms with van der Waals surface area (Å²) in [5.41, 5.74) is 7.06. The van der Waals surface area contributed by atoms with Crippen molar-refractivity contribution in [3.63, 3.8) is 0 Å². The number of nitrogens with zero attached hydrogens (tertiary/aromatic N) is 3. The van der Waals surface area contributed by atoms with Crippen LogP contribution >= 0.6 is 0 Å². The normalized spacial score (nSPS) is 12.9. The van der Waals surface area contributed by atoms with Gasteiger partial charge in [0, 0.05) is 27.5 Å². The highest BCUT2D eigenvalue weighted by Crippen LogP contribution is 2.37. The van der Waals surface area contributed by atoms with Gasteiger partial charge in [0.2, 0.25) is 0 Å². The van der Waals surface area contributed by atoms with Crippen LogP contribution in [0.25, 0.3) is 89.1 Å². The van der Waals surface area contributed by atoms with Crippen molar-refractivity contribution in [1.82, 2.24) is 15.0 Å². The van der Waals surface area contributed by atoms with Crippen LogP contribution in [-0.2, 0) is 0 Å². The first-order valence-electron chi connectivity index (χ1n) is 17.8. The Morgan fingerprint density at radius 2 is 1.00 bits per heavy atom. The molecule has 0 radical (unpaired) electrons. The van der Waals surface area contributed by atoms with Gasteiger partial charge in [-0.05, 0) is 57.3 Å². The molecule has 4 nitrogen and oxygen atoms in total. The Morgan fingerprint density at radius 1 is 0.426 bits per heavy atom.